The van der Waals surface area contributed by atoms with Crippen molar-refractivity contribution in [3.63, 3.8) is 0 Å². The van der Waals surface area contributed by atoms with Crippen molar-refractivity contribution in [3.05, 3.63) is 0 Å². The predicted molar refractivity (Wildman–Crippen MR) is 54.7 cm³/mol. The maximum atomic E-state index is 11.2. The average molecular weight is 186 g/mol. The Morgan fingerprint density at radius 2 is 1.77 bits per heavy atom. The van der Waals surface area contributed by atoms with E-state index in [1.54, 1.807) is 0 Å². The second kappa shape index (κ2) is 7.07. The molecule has 0 saturated carbocycles. The molecule has 0 aromatic heterocycles. The fourth-order valence-electron chi connectivity index (χ4n) is 0.930. The van der Waals surface area contributed by atoms with E-state index in [9.17, 15) is 4.79 Å². The van der Waals surface area contributed by atoms with E-state index in [1.807, 2.05) is 0 Å². The summed E-state index contributed by atoms with van der Waals surface area (Å²) in [4.78, 5) is 11.2. The SMILES string of the molecule is CC(C)CCC(=O)COCC(C)C. The standard InChI is InChI=1S/C11H22O2/c1-9(2)5-6-11(12)8-13-7-10(3)4/h9-10H,5-8H2,1-4H3. The maximum Gasteiger partial charge on any atom is 0.158 e. The molecule has 0 aliphatic rings. The van der Waals surface area contributed by atoms with E-state index in [4.69, 9.17) is 4.74 Å². The molecule has 0 rings (SSSR count). The molecular formula is C11H22O2. The molecule has 0 unspecified atom stereocenters. The molecule has 78 valence electrons. The van der Waals surface area contributed by atoms with Gasteiger partial charge in [0, 0.05) is 13.0 Å². The second-order valence-electron chi connectivity index (χ2n) is 4.38. The van der Waals surface area contributed by atoms with E-state index >= 15 is 0 Å². The van der Waals surface area contributed by atoms with E-state index in [2.05, 4.69) is 27.7 Å². The first-order valence-corrected chi connectivity index (χ1v) is 5.11. The lowest BCUT2D eigenvalue weighted by molar-refractivity contribution is -0.124. The van der Waals surface area contributed by atoms with Crippen LogP contribution in [0, 0.1) is 11.8 Å². The Labute approximate surface area is 81.7 Å². The zero-order valence-corrected chi connectivity index (χ0v) is 9.30. The van der Waals surface area contributed by atoms with Crippen molar-refractivity contribution in [2.75, 3.05) is 13.2 Å². The lowest BCUT2D eigenvalue weighted by atomic mass is 10.1. The molecule has 2 nitrogen and oxygen atoms in total. The molecule has 0 atom stereocenters. The summed E-state index contributed by atoms with van der Waals surface area (Å²) in [6.45, 7) is 9.40. The maximum absolute atomic E-state index is 11.2. The molecule has 0 bridgehead atoms. The summed E-state index contributed by atoms with van der Waals surface area (Å²) in [7, 11) is 0. The van der Waals surface area contributed by atoms with Crippen molar-refractivity contribution in [3.8, 4) is 0 Å². The quantitative estimate of drug-likeness (QED) is 0.611. The largest absolute Gasteiger partial charge is 0.373 e. The Balaban J connectivity index is 3.30. The zero-order chi connectivity index (χ0) is 10.3. The highest BCUT2D eigenvalue weighted by molar-refractivity contribution is 5.79. The van der Waals surface area contributed by atoms with Crippen LogP contribution in [-0.4, -0.2) is 19.0 Å². The summed E-state index contributed by atoms with van der Waals surface area (Å²) in [6.07, 6.45) is 1.64. The lowest BCUT2D eigenvalue weighted by Crippen LogP contribution is -2.12. The molecule has 0 spiro atoms. The number of ketones is 1. The van der Waals surface area contributed by atoms with E-state index < -0.39 is 0 Å². The summed E-state index contributed by atoms with van der Waals surface area (Å²) in [6, 6.07) is 0. The van der Waals surface area contributed by atoms with Crippen LogP contribution in [0.5, 0.6) is 0 Å². The number of carbonyl (C=O) groups is 1. The van der Waals surface area contributed by atoms with Crippen molar-refractivity contribution in [1.29, 1.82) is 0 Å². The van der Waals surface area contributed by atoms with Gasteiger partial charge in [0.15, 0.2) is 5.78 Å². The highest BCUT2D eigenvalue weighted by Crippen LogP contribution is 2.04. The third-order valence-electron chi connectivity index (χ3n) is 1.71. The van der Waals surface area contributed by atoms with E-state index in [1.165, 1.54) is 0 Å². The molecule has 0 saturated heterocycles. The zero-order valence-electron chi connectivity index (χ0n) is 9.30. The van der Waals surface area contributed by atoms with E-state index in [0.29, 0.717) is 31.5 Å². The minimum Gasteiger partial charge on any atom is -0.373 e. The van der Waals surface area contributed by atoms with Gasteiger partial charge in [0.05, 0.1) is 0 Å². The van der Waals surface area contributed by atoms with Crippen LogP contribution >= 0.6 is 0 Å². The van der Waals surface area contributed by atoms with Crippen molar-refractivity contribution in [2.24, 2.45) is 11.8 Å². The summed E-state index contributed by atoms with van der Waals surface area (Å²) in [5.74, 6) is 1.35. The van der Waals surface area contributed by atoms with Crippen LogP contribution in [0.15, 0.2) is 0 Å². The van der Waals surface area contributed by atoms with Crippen LogP contribution in [0.3, 0.4) is 0 Å². The number of hydrogen-bond donors (Lipinski definition) is 0. The van der Waals surface area contributed by atoms with Crippen molar-refractivity contribution in [1.82, 2.24) is 0 Å². The van der Waals surface area contributed by atoms with Gasteiger partial charge in [-0.25, -0.2) is 0 Å². The van der Waals surface area contributed by atoms with Gasteiger partial charge in [-0.2, -0.15) is 0 Å². The van der Waals surface area contributed by atoms with Gasteiger partial charge in [0.2, 0.25) is 0 Å². The first-order valence-electron chi connectivity index (χ1n) is 5.11. The van der Waals surface area contributed by atoms with Crippen molar-refractivity contribution in [2.45, 2.75) is 40.5 Å². The predicted octanol–water partition coefficient (Wildman–Crippen LogP) is 2.66. The second-order valence-corrected chi connectivity index (χ2v) is 4.38. The molecule has 0 aromatic carbocycles. The first kappa shape index (κ1) is 12.6. The molecule has 0 radical (unpaired) electrons. The highest BCUT2D eigenvalue weighted by Gasteiger charge is 2.04. The van der Waals surface area contributed by atoms with Gasteiger partial charge in [0.25, 0.3) is 0 Å². The number of ether oxygens (including phenoxy) is 1. The molecule has 0 fully saturated rings. The number of hydrogen-bond acceptors (Lipinski definition) is 2. The third-order valence-corrected chi connectivity index (χ3v) is 1.71. The van der Waals surface area contributed by atoms with Gasteiger partial charge in [-0.3, -0.25) is 4.79 Å². The topological polar surface area (TPSA) is 26.3 Å². The van der Waals surface area contributed by atoms with Gasteiger partial charge in [-0.1, -0.05) is 27.7 Å². The fraction of sp³-hybridized carbons (Fsp3) is 0.909. The van der Waals surface area contributed by atoms with Crippen LogP contribution in [0.1, 0.15) is 40.5 Å². The van der Waals surface area contributed by atoms with Gasteiger partial charge in [-0.05, 0) is 18.3 Å². The van der Waals surface area contributed by atoms with Gasteiger partial charge >= 0.3 is 0 Å². The molecule has 0 heterocycles. The first-order chi connectivity index (χ1) is 6.02. The van der Waals surface area contributed by atoms with E-state index in [0.717, 1.165) is 6.42 Å². The van der Waals surface area contributed by atoms with Crippen molar-refractivity contribution >= 4 is 5.78 Å². The Kier molecular flexibility index (Phi) is 6.87. The molecular weight excluding hydrogens is 164 g/mol. The number of rotatable bonds is 7. The summed E-state index contributed by atoms with van der Waals surface area (Å²) in [5.41, 5.74) is 0. The van der Waals surface area contributed by atoms with Gasteiger partial charge in [0.1, 0.15) is 6.61 Å². The van der Waals surface area contributed by atoms with Gasteiger partial charge < -0.3 is 4.74 Å². The van der Waals surface area contributed by atoms with Crippen LogP contribution in [-0.2, 0) is 9.53 Å². The molecule has 2 heteroatoms. The molecule has 0 amide bonds. The smallest absolute Gasteiger partial charge is 0.158 e. The minimum absolute atomic E-state index is 0.231. The normalized spacial score (nSPS) is 11.2. The summed E-state index contributed by atoms with van der Waals surface area (Å²) >= 11 is 0. The highest BCUT2D eigenvalue weighted by atomic mass is 16.5. The summed E-state index contributed by atoms with van der Waals surface area (Å²) in [5, 5.41) is 0. The number of Topliss-reactive ketones (excluding diaryl/α,β-unsaturated/α-hetero) is 1. The molecule has 0 aromatic rings. The Bertz CT molecular complexity index is 139. The molecule has 13 heavy (non-hydrogen) atoms. The molecule has 0 aliphatic heterocycles. The van der Waals surface area contributed by atoms with Crippen LogP contribution in [0.4, 0.5) is 0 Å². The van der Waals surface area contributed by atoms with Crippen LogP contribution in [0.2, 0.25) is 0 Å². The fourth-order valence-corrected chi connectivity index (χ4v) is 0.930. The lowest BCUT2D eigenvalue weighted by Gasteiger charge is -2.06. The van der Waals surface area contributed by atoms with E-state index in [-0.39, 0.29) is 5.78 Å². The Morgan fingerprint density at radius 1 is 1.15 bits per heavy atom. The van der Waals surface area contributed by atoms with Crippen LogP contribution in [0.25, 0.3) is 0 Å². The average Bonchev–Trinajstić information content (AvgIpc) is 2.00. The monoisotopic (exact) mass is 186 g/mol. The van der Waals surface area contributed by atoms with Crippen LogP contribution < -0.4 is 0 Å². The molecule has 0 aliphatic carbocycles. The number of carbonyl (C=O) groups excluding carboxylic acids is 1. The van der Waals surface area contributed by atoms with Crippen molar-refractivity contribution < 1.29 is 9.53 Å². The summed E-state index contributed by atoms with van der Waals surface area (Å²) < 4.78 is 5.24. The van der Waals surface area contributed by atoms with Gasteiger partial charge in [-0.15, -0.1) is 0 Å². The Hall–Kier alpha value is -0.370. The molecule has 0 N–H and O–H groups in total. The minimum atomic E-state index is 0.231. The Morgan fingerprint density at radius 3 is 2.23 bits per heavy atom. The third kappa shape index (κ3) is 9.54.